The zero-order valence-corrected chi connectivity index (χ0v) is 14.1. The van der Waals surface area contributed by atoms with E-state index in [4.69, 9.17) is 9.47 Å². The molecule has 0 saturated heterocycles. The van der Waals surface area contributed by atoms with Crippen molar-refractivity contribution in [1.82, 2.24) is 0 Å². The Bertz CT molecular complexity index is 1010. The van der Waals surface area contributed by atoms with Crippen LogP contribution in [0.1, 0.15) is 23.0 Å². The second kappa shape index (κ2) is 4.98. The van der Waals surface area contributed by atoms with Gasteiger partial charge in [0.15, 0.2) is 10.8 Å². The van der Waals surface area contributed by atoms with Crippen LogP contribution in [-0.2, 0) is 19.2 Å². The lowest BCUT2D eigenvalue weighted by Gasteiger charge is -2.63. The van der Waals surface area contributed by atoms with Crippen molar-refractivity contribution in [3.63, 3.8) is 0 Å². The number of carbonyl (C=O) groups excluding carboxylic acids is 2. The topological polar surface area (TPSA) is 127 Å². The number of ether oxygens (including phenoxy) is 2. The SMILES string of the molecule is O=C(O)C12C(=O)Oc3ccccc3C1C1(C(=O)O)C(=O)Oc3ccccc3C21. The highest BCUT2D eigenvalue weighted by Gasteiger charge is 2.88. The smallest absolute Gasteiger partial charge is 0.330 e. The van der Waals surface area contributed by atoms with Crippen LogP contribution >= 0.6 is 0 Å². The highest BCUT2D eigenvalue weighted by molar-refractivity contribution is 6.16. The van der Waals surface area contributed by atoms with Gasteiger partial charge in [0.2, 0.25) is 0 Å². The number of carboxylic acid groups (broad SMARTS) is 2. The Kier molecular flexibility index (Phi) is 2.93. The maximum atomic E-state index is 13.0. The molecule has 1 aliphatic carbocycles. The van der Waals surface area contributed by atoms with Crippen molar-refractivity contribution in [1.29, 1.82) is 0 Å². The van der Waals surface area contributed by atoms with Crippen molar-refractivity contribution < 1.29 is 38.9 Å². The standard InChI is InChI=1S/C20H12O8/c21-15(22)19-13(9-5-1-3-7-11(9)27-17(19)25)20(16(23)24)14(19)10-6-2-4-8-12(10)28-18(20)26/h1-8,13-14H,(H,21,22)(H,23,24). The lowest BCUT2D eigenvalue weighted by molar-refractivity contribution is -0.214. The third-order valence-corrected chi connectivity index (χ3v) is 6.07. The molecule has 0 spiro atoms. The minimum Gasteiger partial charge on any atom is -0.480 e. The molecule has 28 heavy (non-hydrogen) atoms. The van der Waals surface area contributed by atoms with Gasteiger partial charge in [0, 0.05) is 23.0 Å². The van der Waals surface area contributed by atoms with Crippen molar-refractivity contribution in [3.05, 3.63) is 59.7 Å². The summed E-state index contributed by atoms with van der Waals surface area (Å²) in [5.74, 6) is -8.09. The van der Waals surface area contributed by atoms with Gasteiger partial charge in [-0.05, 0) is 12.1 Å². The summed E-state index contributed by atoms with van der Waals surface area (Å²) in [5, 5.41) is 20.2. The van der Waals surface area contributed by atoms with Gasteiger partial charge in [-0.25, -0.2) is 0 Å². The Labute approximate surface area is 157 Å². The second-order valence-electron chi connectivity index (χ2n) is 7.07. The lowest BCUT2D eigenvalue weighted by atomic mass is 9.34. The van der Waals surface area contributed by atoms with Crippen LogP contribution in [0.4, 0.5) is 0 Å². The summed E-state index contributed by atoms with van der Waals surface area (Å²) in [4.78, 5) is 50.8. The number of rotatable bonds is 2. The highest BCUT2D eigenvalue weighted by atomic mass is 16.6. The van der Waals surface area contributed by atoms with Gasteiger partial charge < -0.3 is 19.7 Å². The van der Waals surface area contributed by atoms with Crippen LogP contribution in [0.3, 0.4) is 0 Å². The monoisotopic (exact) mass is 380 g/mol. The van der Waals surface area contributed by atoms with Gasteiger partial charge in [0.1, 0.15) is 11.5 Å². The number of hydrogen-bond donors (Lipinski definition) is 2. The van der Waals surface area contributed by atoms with Gasteiger partial charge in [0.25, 0.3) is 0 Å². The number of para-hydroxylation sites is 2. The van der Waals surface area contributed by atoms with E-state index >= 15 is 0 Å². The Morgan fingerprint density at radius 2 is 1.07 bits per heavy atom. The molecule has 8 nitrogen and oxygen atoms in total. The number of benzene rings is 2. The molecule has 0 amide bonds. The largest absolute Gasteiger partial charge is 0.480 e. The molecule has 0 unspecified atom stereocenters. The molecule has 2 aliphatic heterocycles. The molecule has 3 aliphatic rings. The summed E-state index contributed by atoms with van der Waals surface area (Å²) in [5.41, 5.74) is -4.14. The van der Waals surface area contributed by atoms with Crippen LogP contribution in [0.15, 0.2) is 48.5 Å². The molecular weight excluding hydrogens is 368 g/mol. The van der Waals surface area contributed by atoms with Crippen LogP contribution in [0, 0.1) is 10.8 Å². The molecular formula is C20H12O8. The summed E-state index contributed by atoms with van der Waals surface area (Å²) in [6, 6.07) is 12.1. The normalized spacial score (nSPS) is 31.7. The Balaban J connectivity index is 1.90. The molecule has 2 heterocycles. The van der Waals surface area contributed by atoms with E-state index in [9.17, 15) is 29.4 Å². The molecule has 2 aromatic rings. The van der Waals surface area contributed by atoms with Crippen molar-refractivity contribution in [2.45, 2.75) is 11.8 Å². The molecule has 0 atom stereocenters. The van der Waals surface area contributed by atoms with Gasteiger partial charge >= 0.3 is 23.9 Å². The fourth-order valence-electron chi connectivity index (χ4n) is 5.07. The van der Waals surface area contributed by atoms with Gasteiger partial charge in [-0.2, -0.15) is 0 Å². The number of hydrogen-bond acceptors (Lipinski definition) is 6. The van der Waals surface area contributed by atoms with E-state index in [-0.39, 0.29) is 22.6 Å². The second-order valence-corrected chi connectivity index (χ2v) is 7.07. The number of fused-ring (bicyclic) bond motifs is 8. The molecule has 0 aromatic heterocycles. The summed E-state index contributed by atoms with van der Waals surface area (Å²) >= 11 is 0. The van der Waals surface area contributed by atoms with Gasteiger partial charge in [-0.3, -0.25) is 19.2 Å². The first-order valence-electron chi connectivity index (χ1n) is 8.47. The maximum absolute atomic E-state index is 13.0. The van der Waals surface area contributed by atoms with Crippen molar-refractivity contribution >= 4 is 23.9 Å². The molecule has 5 rings (SSSR count). The Morgan fingerprint density at radius 1 is 0.714 bits per heavy atom. The van der Waals surface area contributed by atoms with Crippen LogP contribution in [0.2, 0.25) is 0 Å². The Hall–Kier alpha value is -3.68. The van der Waals surface area contributed by atoms with Crippen molar-refractivity contribution in [2.24, 2.45) is 10.8 Å². The van der Waals surface area contributed by atoms with Crippen molar-refractivity contribution in [3.8, 4) is 11.5 Å². The molecule has 0 radical (unpaired) electrons. The fraction of sp³-hybridized carbons (Fsp3) is 0.200. The molecule has 1 saturated carbocycles. The molecule has 1 fully saturated rings. The van der Waals surface area contributed by atoms with E-state index < -0.39 is 46.5 Å². The summed E-state index contributed by atoms with van der Waals surface area (Å²) < 4.78 is 10.6. The predicted molar refractivity (Wildman–Crippen MR) is 89.8 cm³/mol. The average molecular weight is 380 g/mol. The summed E-state index contributed by atoms with van der Waals surface area (Å²) in [7, 11) is 0. The van der Waals surface area contributed by atoms with Gasteiger partial charge in [-0.1, -0.05) is 36.4 Å². The van der Waals surface area contributed by atoms with Gasteiger partial charge in [-0.15, -0.1) is 0 Å². The first-order chi connectivity index (χ1) is 13.4. The molecule has 8 heteroatoms. The van der Waals surface area contributed by atoms with E-state index in [1.54, 1.807) is 24.3 Å². The first kappa shape index (κ1) is 16.5. The van der Waals surface area contributed by atoms with Crippen molar-refractivity contribution in [2.75, 3.05) is 0 Å². The van der Waals surface area contributed by atoms with Gasteiger partial charge in [0.05, 0.1) is 0 Å². The minimum atomic E-state index is -2.25. The highest BCUT2D eigenvalue weighted by Crippen LogP contribution is 2.77. The third kappa shape index (κ3) is 1.50. The van der Waals surface area contributed by atoms with E-state index in [1.165, 1.54) is 24.3 Å². The molecule has 2 aromatic carbocycles. The summed E-state index contributed by atoms with van der Waals surface area (Å²) in [6.45, 7) is 0. The van der Waals surface area contributed by atoms with Crippen LogP contribution < -0.4 is 9.47 Å². The van der Waals surface area contributed by atoms with Crippen LogP contribution in [0.5, 0.6) is 11.5 Å². The number of esters is 2. The number of carboxylic acids is 2. The molecule has 2 N–H and O–H groups in total. The maximum Gasteiger partial charge on any atom is 0.330 e. The lowest BCUT2D eigenvalue weighted by Crippen LogP contribution is -2.76. The van der Waals surface area contributed by atoms with E-state index in [1.807, 2.05) is 0 Å². The number of aliphatic carboxylic acids is 2. The number of carbonyl (C=O) groups is 4. The minimum absolute atomic E-state index is 0.0418. The summed E-state index contributed by atoms with van der Waals surface area (Å²) in [6.07, 6.45) is 0. The van der Waals surface area contributed by atoms with Crippen LogP contribution in [-0.4, -0.2) is 34.1 Å². The quantitative estimate of drug-likeness (QED) is 0.456. The molecule has 140 valence electrons. The van der Waals surface area contributed by atoms with E-state index in [0.29, 0.717) is 0 Å². The van der Waals surface area contributed by atoms with E-state index in [2.05, 4.69) is 0 Å². The first-order valence-corrected chi connectivity index (χ1v) is 8.47. The molecule has 0 bridgehead atoms. The van der Waals surface area contributed by atoms with E-state index in [0.717, 1.165) is 0 Å². The van der Waals surface area contributed by atoms with Crippen LogP contribution in [0.25, 0.3) is 0 Å². The zero-order chi connectivity index (χ0) is 19.8. The fourth-order valence-corrected chi connectivity index (χ4v) is 5.07. The average Bonchev–Trinajstić information content (AvgIpc) is 2.62. The third-order valence-electron chi connectivity index (χ3n) is 6.07. The Morgan fingerprint density at radius 3 is 1.43 bits per heavy atom. The predicted octanol–water partition coefficient (Wildman–Crippen LogP) is 1.55. The zero-order valence-electron chi connectivity index (χ0n) is 14.1.